The first-order valence-corrected chi connectivity index (χ1v) is 14.1. The summed E-state index contributed by atoms with van der Waals surface area (Å²) in [5.74, 6) is 1.24. The lowest BCUT2D eigenvalue weighted by atomic mass is 10.0. The molecule has 0 amide bonds. The van der Waals surface area contributed by atoms with Crippen molar-refractivity contribution in [2.75, 3.05) is 31.6 Å². The standard InChI is InChI=1S/C31H37N7O2/c1-4-24-19-22-20-32-30(35-29(22)38(24)28-7-5-6-27(34-28)31(2,3)40)33-23-8-9-26-21(18-23)10-15-37(26)25-11-13-36(14-12-25)16-17-39/h5-10,15,18-20,25,39-40H,4,11-14,16-17H2,1-3H3,(H,32,33,35). The van der Waals surface area contributed by atoms with Gasteiger partial charge in [-0.1, -0.05) is 13.0 Å². The van der Waals surface area contributed by atoms with Gasteiger partial charge < -0.3 is 25.0 Å². The summed E-state index contributed by atoms with van der Waals surface area (Å²) in [5.41, 5.74) is 3.57. The van der Waals surface area contributed by atoms with E-state index in [-0.39, 0.29) is 6.61 Å². The summed E-state index contributed by atoms with van der Waals surface area (Å²) >= 11 is 0. The number of nitrogens with zero attached hydrogens (tertiary/aromatic N) is 6. The SMILES string of the molecule is CCc1cc2cnc(Nc3ccc4c(ccn4C4CCN(CCO)CC4)c3)nc2n1-c1cccc(C(C)(C)O)n1. The molecule has 0 spiro atoms. The van der Waals surface area contributed by atoms with Crippen molar-refractivity contribution in [1.29, 1.82) is 0 Å². The first kappa shape index (κ1) is 26.4. The van der Waals surface area contributed by atoms with Gasteiger partial charge in [-0.15, -0.1) is 0 Å². The van der Waals surface area contributed by atoms with E-state index in [9.17, 15) is 10.2 Å². The molecule has 208 valence electrons. The highest BCUT2D eigenvalue weighted by Crippen LogP contribution is 2.30. The van der Waals surface area contributed by atoms with Gasteiger partial charge in [-0.25, -0.2) is 9.97 Å². The molecule has 0 aliphatic carbocycles. The molecule has 0 unspecified atom stereocenters. The fourth-order valence-electron chi connectivity index (χ4n) is 5.76. The first-order valence-electron chi connectivity index (χ1n) is 14.1. The number of β-amino-alcohol motifs (C(OH)–C–C–N with tert-alkyl or cyclic N) is 1. The van der Waals surface area contributed by atoms with Crippen LogP contribution in [0.5, 0.6) is 0 Å². The van der Waals surface area contributed by atoms with Crippen LogP contribution in [0.3, 0.4) is 0 Å². The Balaban J connectivity index is 1.28. The molecule has 1 aliphatic rings. The number of aliphatic hydroxyl groups excluding tert-OH is 1. The van der Waals surface area contributed by atoms with Crippen LogP contribution >= 0.6 is 0 Å². The van der Waals surface area contributed by atoms with Crippen molar-refractivity contribution in [2.24, 2.45) is 0 Å². The summed E-state index contributed by atoms with van der Waals surface area (Å²) < 4.78 is 4.44. The number of rotatable bonds is 8. The van der Waals surface area contributed by atoms with Crippen LogP contribution in [0.2, 0.25) is 0 Å². The lowest BCUT2D eigenvalue weighted by Crippen LogP contribution is -2.36. The maximum Gasteiger partial charge on any atom is 0.229 e. The van der Waals surface area contributed by atoms with E-state index in [0.717, 1.165) is 67.1 Å². The minimum absolute atomic E-state index is 0.223. The number of hydrogen-bond acceptors (Lipinski definition) is 7. The molecule has 40 heavy (non-hydrogen) atoms. The van der Waals surface area contributed by atoms with Crippen LogP contribution in [0.25, 0.3) is 27.8 Å². The van der Waals surface area contributed by atoms with Gasteiger partial charge in [0.25, 0.3) is 0 Å². The molecule has 5 heterocycles. The molecule has 3 N–H and O–H groups in total. The van der Waals surface area contributed by atoms with Gasteiger partial charge in [0.15, 0.2) is 5.65 Å². The number of fused-ring (bicyclic) bond motifs is 2. The monoisotopic (exact) mass is 539 g/mol. The summed E-state index contributed by atoms with van der Waals surface area (Å²) in [6, 6.07) is 16.8. The Labute approximate surface area is 234 Å². The number of piperidine rings is 1. The predicted molar refractivity (Wildman–Crippen MR) is 158 cm³/mol. The second-order valence-corrected chi connectivity index (χ2v) is 11.2. The van der Waals surface area contributed by atoms with E-state index in [1.54, 1.807) is 13.8 Å². The Hall–Kier alpha value is -3.79. The Morgan fingerprint density at radius 2 is 1.85 bits per heavy atom. The third kappa shape index (κ3) is 5.08. The first-order chi connectivity index (χ1) is 19.3. The second-order valence-electron chi connectivity index (χ2n) is 11.2. The molecule has 5 aromatic rings. The number of aromatic nitrogens is 5. The lowest BCUT2D eigenvalue weighted by Gasteiger charge is -2.32. The van der Waals surface area contributed by atoms with Gasteiger partial charge in [0.1, 0.15) is 11.4 Å². The number of benzene rings is 1. The van der Waals surface area contributed by atoms with Crippen molar-refractivity contribution in [2.45, 2.75) is 51.7 Å². The van der Waals surface area contributed by atoms with Crippen LogP contribution in [0.15, 0.2) is 60.9 Å². The van der Waals surface area contributed by atoms with Gasteiger partial charge in [-0.05, 0) is 75.6 Å². The zero-order valence-corrected chi connectivity index (χ0v) is 23.4. The van der Waals surface area contributed by atoms with Crippen molar-refractivity contribution in [1.82, 2.24) is 29.0 Å². The van der Waals surface area contributed by atoms with Gasteiger partial charge in [-0.3, -0.25) is 4.57 Å². The molecule has 1 aromatic carbocycles. The van der Waals surface area contributed by atoms with E-state index in [2.05, 4.69) is 63.2 Å². The number of nitrogens with one attached hydrogen (secondary N) is 1. The summed E-state index contributed by atoms with van der Waals surface area (Å²) in [7, 11) is 0. The van der Waals surface area contributed by atoms with E-state index < -0.39 is 5.60 Å². The van der Waals surface area contributed by atoms with Gasteiger partial charge >= 0.3 is 0 Å². The number of pyridine rings is 1. The summed E-state index contributed by atoms with van der Waals surface area (Å²) in [4.78, 5) is 16.6. The van der Waals surface area contributed by atoms with E-state index in [1.807, 2.05) is 29.0 Å². The van der Waals surface area contributed by atoms with Crippen LogP contribution in [0.4, 0.5) is 11.6 Å². The zero-order valence-electron chi connectivity index (χ0n) is 23.4. The van der Waals surface area contributed by atoms with E-state index in [1.165, 1.54) is 10.9 Å². The van der Waals surface area contributed by atoms with E-state index in [0.29, 0.717) is 17.7 Å². The molecule has 1 fully saturated rings. The largest absolute Gasteiger partial charge is 0.395 e. The third-order valence-electron chi connectivity index (χ3n) is 7.91. The summed E-state index contributed by atoms with van der Waals surface area (Å²) in [6.45, 7) is 8.61. The Morgan fingerprint density at radius 3 is 2.60 bits per heavy atom. The Bertz CT molecular complexity index is 1640. The van der Waals surface area contributed by atoms with Crippen molar-refractivity contribution in [3.05, 3.63) is 72.3 Å². The van der Waals surface area contributed by atoms with Gasteiger partial charge in [0, 0.05) is 65.7 Å². The molecule has 0 saturated carbocycles. The van der Waals surface area contributed by atoms with Crippen molar-refractivity contribution in [3.63, 3.8) is 0 Å². The minimum Gasteiger partial charge on any atom is -0.395 e. The molecule has 9 nitrogen and oxygen atoms in total. The molecule has 6 rings (SSSR count). The van der Waals surface area contributed by atoms with Crippen LogP contribution in [0.1, 0.15) is 51.0 Å². The number of likely N-dealkylation sites (tertiary alicyclic amines) is 1. The Morgan fingerprint density at radius 1 is 1.02 bits per heavy atom. The Kier molecular flexibility index (Phi) is 7.04. The quantitative estimate of drug-likeness (QED) is 0.257. The smallest absolute Gasteiger partial charge is 0.229 e. The maximum atomic E-state index is 10.5. The van der Waals surface area contributed by atoms with Crippen molar-refractivity contribution < 1.29 is 10.2 Å². The molecule has 9 heteroatoms. The molecular formula is C31H37N7O2. The third-order valence-corrected chi connectivity index (χ3v) is 7.91. The minimum atomic E-state index is -1.04. The fourth-order valence-corrected chi connectivity index (χ4v) is 5.76. The molecule has 1 saturated heterocycles. The summed E-state index contributed by atoms with van der Waals surface area (Å²) in [5, 5.41) is 25.3. The average Bonchev–Trinajstić information content (AvgIpc) is 3.54. The maximum absolute atomic E-state index is 10.5. The fraction of sp³-hybridized carbons (Fsp3) is 0.387. The number of hydrogen-bond donors (Lipinski definition) is 3. The van der Waals surface area contributed by atoms with Crippen LogP contribution in [-0.2, 0) is 12.0 Å². The molecular weight excluding hydrogens is 502 g/mol. The zero-order chi connectivity index (χ0) is 27.9. The van der Waals surface area contributed by atoms with Crippen molar-refractivity contribution in [3.8, 4) is 5.82 Å². The number of anilines is 2. The van der Waals surface area contributed by atoms with Crippen LogP contribution in [-0.4, -0.2) is 65.4 Å². The highest BCUT2D eigenvalue weighted by Gasteiger charge is 2.22. The average molecular weight is 540 g/mol. The second kappa shape index (κ2) is 10.6. The molecule has 0 radical (unpaired) electrons. The molecule has 1 aliphatic heterocycles. The lowest BCUT2D eigenvalue weighted by molar-refractivity contribution is 0.0738. The van der Waals surface area contributed by atoms with Crippen LogP contribution < -0.4 is 5.32 Å². The molecule has 0 atom stereocenters. The van der Waals surface area contributed by atoms with E-state index >= 15 is 0 Å². The van der Waals surface area contributed by atoms with Gasteiger partial charge in [0.05, 0.1) is 12.3 Å². The highest BCUT2D eigenvalue weighted by molar-refractivity contribution is 5.85. The van der Waals surface area contributed by atoms with Crippen molar-refractivity contribution >= 4 is 33.6 Å². The number of aliphatic hydroxyl groups is 2. The normalized spacial score (nSPS) is 15.3. The van der Waals surface area contributed by atoms with Crippen LogP contribution in [0, 0.1) is 0 Å². The highest BCUT2D eigenvalue weighted by atomic mass is 16.3. The summed E-state index contributed by atoms with van der Waals surface area (Å²) in [6.07, 6.45) is 7.02. The van der Waals surface area contributed by atoms with E-state index in [4.69, 9.17) is 9.97 Å². The topological polar surface area (TPSA) is 104 Å². The van der Waals surface area contributed by atoms with Gasteiger partial charge in [0.2, 0.25) is 5.95 Å². The molecule has 0 bridgehead atoms. The number of aryl methyl sites for hydroxylation is 1. The molecule has 4 aromatic heterocycles. The van der Waals surface area contributed by atoms with Gasteiger partial charge in [-0.2, -0.15) is 4.98 Å². The predicted octanol–water partition coefficient (Wildman–Crippen LogP) is 4.93.